The molecule has 0 aliphatic carbocycles. The van der Waals surface area contributed by atoms with Crippen molar-refractivity contribution in [2.45, 2.75) is 32.8 Å². The lowest BCUT2D eigenvalue weighted by molar-refractivity contribution is -0.213. The Morgan fingerprint density at radius 1 is 1.31 bits per heavy atom. The van der Waals surface area contributed by atoms with E-state index in [0.717, 1.165) is 6.92 Å². The van der Waals surface area contributed by atoms with Crippen molar-refractivity contribution in [3.63, 3.8) is 0 Å². The first-order valence-corrected chi connectivity index (χ1v) is 4.15. The van der Waals surface area contributed by atoms with Crippen LogP contribution in [0.1, 0.15) is 20.8 Å². The summed E-state index contributed by atoms with van der Waals surface area (Å²) in [6.45, 7) is 4.89. The molecule has 0 atom stereocenters. The number of Topliss-reactive ketones (excluding diaryl/α,β-unsaturated/α-hetero) is 1. The Morgan fingerprint density at radius 2 is 1.69 bits per heavy atom. The van der Waals surface area contributed by atoms with Crippen molar-refractivity contribution in [3.05, 3.63) is 0 Å². The molecule has 0 heterocycles. The van der Waals surface area contributed by atoms with Crippen molar-refractivity contribution >= 4 is 5.78 Å². The second-order valence-corrected chi connectivity index (χ2v) is 2.63. The van der Waals surface area contributed by atoms with E-state index in [4.69, 9.17) is 19.7 Å². The minimum absolute atomic E-state index is 0.270. The van der Waals surface area contributed by atoms with E-state index in [1.165, 1.54) is 0 Å². The first-order valence-electron chi connectivity index (χ1n) is 4.15. The van der Waals surface area contributed by atoms with Crippen molar-refractivity contribution in [1.29, 1.82) is 0 Å². The molecule has 0 unspecified atom stereocenters. The molecule has 0 radical (unpaired) electrons. The Kier molecular flexibility index (Phi) is 5.09. The molecule has 0 saturated carbocycles. The largest absolute Gasteiger partial charge is 0.360 e. The van der Waals surface area contributed by atoms with E-state index in [2.05, 4.69) is 0 Å². The van der Waals surface area contributed by atoms with Gasteiger partial charge >= 0.3 is 0 Å². The second kappa shape index (κ2) is 5.29. The fourth-order valence-corrected chi connectivity index (χ4v) is 0.725. The quantitative estimate of drug-likeness (QED) is 0.563. The summed E-state index contributed by atoms with van der Waals surface area (Å²) in [6.07, 6.45) is -1.20. The average Bonchev–Trinajstić information content (AvgIpc) is 2.01. The maximum absolute atomic E-state index is 11.2. The van der Waals surface area contributed by atoms with E-state index in [-0.39, 0.29) is 13.2 Å². The zero-order valence-corrected chi connectivity index (χ0v) is 8.11. The number of ketones is 1. The fourth-order valence-electron chi connectivity index (χ4n) is 0.725. The van der Waals surface area contributed by atoms with Crippen LogP contribution in [0, 0.1) is 0 Å². The smallest absolute Gasteiger partial charge is 0.246 e. The molecule has 5 nitrogen and oxygen atoms in total. The maximum Gasteiger partial charge on any atom is 0.246 e. The van der Waals surface area contributed by atoms with E-state index in [1.54, 1.807) is 13.8 Å². The van der Waals surface area contributed by atoms with Gasteiger partial charge in [0.2, 0.25) is 17.9 Å². The predicted molar refractivity (Wildman–Crippen MR) is 44.9 cm³/mol. The molecule has 0 aliphatic heterocycles. The molecule has 0 fully saturated rings. The van der Waals surface area contributed by atoms with Crippen LogP contribution in [0.15, 0.2) is 0 Å². The van der Waals surface area contributed by atoms with Gasteiger partial charge in [0.25, 0.3) is 0 Å². The van der Waals surface area contributed by atoms with E-state index < -0.39 is 17.9 Å². The molecule has 0 aromatic rings. The summed E-state index contributed by atoms with van der Waals surface area (Å²) < 4.78 is 9.76. The highest BCUT2D eigenvalue weighted by Crippen LogP contribution is 2.07. The summed E-state index contributed by atoms with van der Waals surface area (Å²) >= 11 is 0. The van der Waals surface area contributed by atoms with Gasteiger partial charge in [0.05, 0.1) is 0 Å². The number of carbonyl (C=O) groups is 1. The molecule has 0 spiro atoms. The van der Waals surface area contributed by atoms with Crippen LogP contribution in [0.25, 0.3) is 0 Å². The van der Waals surface area contributed by atoms with Crippen molar-refractivity contribution in [2.75, 3.05) is 13.2 Å². The predicted octanol–water partition coefficient (Wildman–Crippen LogP) is -0.345. The zero-order valence-electron chi connectivity index (χ0n) is 8.11. The topological polar surface area (TPSA) is 76.0 Å². The Morgan fingerprint density at radius 3 is 1.92 bits per heavy atom. The van der Waals surface area contributed by atoms with E-state index in [1.807, 2.05) is 0 Å². The van der Waals surface area contributed by atoms with Crippen molar-refractivity contribution in [1.82, 2.24) is 0 Å². The van der Waals surface area contributed by atoms with Gasteiger partial charge in [-0.3, -0.25) is 4.79 Å². The molecule has 0 bridgehead atoms. The van der Waals surface area contributed by atoms with E-state index in [0.29, 0.717) is 0 Å². The minimum atomic E-state index is -2.41. The van der Waals surface area contributed by atoms with Crippen molar-refractivity contribution < 1.29 is 24.5 Å². The van der Waals surface area contributed by atoms with Gasteiger partial charge in [-0.1, -0.05) is 0 Å². The van der Waals surface area contributed by atoms with Crippen LogP contribution in [-0.2, 0) is 14.3 Å². The molecule has 0 aliphatic rings. The molecule has 13 heavy (non-hydrogen) atoms. The summed E-state index contributed by atoms with van der Waals surface area (Å²) in [5, 5.41) is 17.9. The first kappa shape index (κ1) is 12.5. The van der Waals surface area contributed by atoms with Gasteiger partial charge in [-0.2, -0.15) is 0 Å². The van der Waals surface area contributed by atoms with E-state index >= 15 is 0 Å². The standard InChI is InChI=1S/C8H16O5/c1-4-12-7(13-5-2)6(9)8(3,10)11/h7,10-11H,4-5H2,1-3H3. The van der Waals surface area contributed by atoms with Gasteiger partial charge in [0, 0.05) is 13.2 Å². The highest BCUT2D eigenvalue weighted by molar-refractivity contribution is 5.87. The number of hydrogen-bond acceptors (Lipinski definition) is 5. The van der Waals surface area contributed by atoms with Crippen LogP contribution in [0.5, 0.6) is 0 Å². The third-order valence-electron chi connectivity index (χ3n) is 1.32. The number of rotatable bonds is 6. The molecule has 0 aromatic heterocycles. The molecule has 2 N–H and O–H groups in total. The Bertz CT molecular complexity index is 154. The van der Waals surface area contributed by atoms with Gasteiger partial charge in [0.15, 0.2) is 0 Å². The minimum Gasteiger partial charge on any atom is -0.360 e. The van der Waals surface area contributed by atoms with Crippen LogP contribution in [0.3, 0.4) is 0 Å². The lowest BCUT2D eigenvalue weighted by Crippen LogP contribution is -2.44. The van der Waals surface area contributed by atoms with Gasteiger partial charge < -0.3 is 19.7 Å². The van der Waals surface area contributed by atoms with Crippen LogP contribution in [0.2, 0.25) is 0 Å². The molecular weight excluding hydrogens is 176 g/mol. The summed E-state index contributed by atoms with van der Waals surface area (Å²) in [6, 6.07) is 0. The third-order valence-corrected chi connectivity index (χ3v) is 1.32. The van der Waals surface area contributed by atoms with Crippen molar-refractivity contribution in [3.8, 4) is 0 Å². The summed E-state index contributed by atoms with van der Waals surface area (Å²) in [4.78, 5) is 11.2. The van der Waals surface area contributed by atoms with Crippen LogP contribution in [0.4, 0.5) is 0 Å². The van der Waals surface area contributed by atoms with Crippen LogP contribution >= 0.6 is 0 Å². The van der Waals surface area contributed by atoms with E-state index in [9.17, 15) is 4.79 Å². The molecule has 0 aromatic carbocycles. The molecule has 0 saturated heterocycles. The fraction of sp³-hybridized carbons (Fsp3) is 0.875. The Balaban J connectivity index is 4.27. The number of hydrogen-bond donors (Lipinski definition) is 2. The second-order valence-electron chi connectivity index (χ2n) is 2.63. The Labute approximate surface area is 77.3 Å². The van der Waals surface area contributed by atoms with Gasteiger partial charge in [-0.15, -0.1) is 0 Å². The lowest BCUT2D eigenvalue weighted by atomic mass is 10.2. The zero-order chi connectivity index (χ0) is 10.5. The molecular formula is C8H16O5. The van der Waals surface area contributed by atoms with Gasteiger partial charge in [0.1, 0.15) is 0 Å². The summed E-state index contributed by atoms with van der Waals surface area (Å²) in [7, 11) is 0. The monoisotopic (exact) mass is 192 g/mol. The maximum atomic E-state index is 11.2. The number of aliphatic hydroxyl groups is 2. The number of carbonyl (C=O) groups excluding carboxylic acids is 1. The molecule has 0 amide bonds. The van der Waals surface area contributed by atoms with Crippen LogP contribution < -0.4 is 0 Å². The SMILES string of the molecule is CCOC(OCC)C(=O)C(C)(O)O. The van der Waals surface area contributed by atoms with Crippen molar-refractivity contribution in [2.24, 2.45) is 0 Å². The normalized spacial score (nSPS) is 12.2. The summed E-state index contributed by atoms with van der Waals surface area (Å²) in [5.41, 5.74) is 0. The first-order chi connectivity index (χ1) is 5.93. The highest BCUT2D eigenvalue weighted by atomic mass is 16.7. The Hall–Kier alpha value is -0.490. The summed E-state index contributed by atoms with van der Waals surface area (Å²) in [5.74, 6) is -3.30. The van der Waals surface area contributed by atoms with Crippen LogP contribution in [-0.4, -0.2) is 41.3 Å². The average molecular weight is 192 g/mol. The van der Waals surface area contributed by atoms with Gasteiger partial charge in [-0.25, -0.2) is 0 Å². The molecule has 78 valence electrons. The molecule has 0 rings (SSSR count). The lowest BCUT2D eigenvalue weighted by Gasteiger charge is -2.21. The third kappa shape index (κ3) is 4.33. The number of ether oxygens (including phenoxy) is 2. The highest BCUT2D eigenvalue weighted by Gasteiger charge is 2.34. The molecule has 5 heteroatoms. The van der Waals surface area contributed by atoms with Gasteiger partial charge in [-0.05, 0) is 20.8 Å².